The van der Waals surface area contributed by atoms with Crippen LogP contribution in [0.15, 0.2) is 24.3 Å². The Morgan fingerprint density at radius 1 is 1.38 bits per heavy atom. The van der Waals surface area contributed by atoms with Gasteiger partial charge in [0.05, 0.1) is 0 Å². The van der Waals surface area contributed by atoms with Crippen LogP contribution in [0.5, 0.6) is 0 Å². The summed E-state index contributed by atoms with van der Waals surface area (Å²) in [4.78, 5) is 0. The van der Waals surface area contributed by atoms with Gasteiger partial charge in [-0.05, 0) is 46.2 Å². The summed E-state index contributed by atoms with van der Waals surface area (Å²) in [6.07, 6.45) is 0. The van der Waals surface area contributed by atoms with Crippen molar-refractivity contribution in [3.05, 3.63) is 39.5 Å². The fraction of sp³-hybridized carbons (Fsp3) is 0.250. The van der Waals surface area contributed by atoms with Gasteiger partial charge in [-0.25, -0.2) is 4.39 Å². The molecule has 2 aromatic rings. The Bertz CT molecular complexity index is 505. The highest BCUT2D eigenvalue weighted by Gasteiger charge is 2.15. The molecule has 0 bridgehead atoms. The number of nitrogens with one attached hydrogen (secondary N) is 1. The van der Waals surface area contributed by atoms with Crippen molar-refractivity contribution in [2.24, 2.45) is 0 Å². The van der Waals surface area contributed by atoms with Crippen LogP contribution in [0.2, 0.25) is 0 Å². The number of nitrogens with zero attached hydrogens (tertiary/aromatic N) is 1. The first kappa shape index (κ1) is 11.6. The number of aromatic nitrogens is 2. The first-order valence-corrected chi connectivity index (χ1v) is 6.17. The molecule has 2 nitrogen and oxygen atoms in total. The van der Waals surface area contributed by atoms with Crippen LogP contribution in [0.25, 0.3) is 11.1 Å². The Kier molecular flexibility index (Phi) is 3.28. The van der Waals surface area contributed by atoms with Crippen molar-refractivity contribution in [2.45, 2.75) is 19.8 Å². The summed E-state index contributed by atoms with van der Waals surface area (Å²) in [5, 5.41) is 7.19. The zero-order chi connectivity index (χ0) is 11.7. The molecule has 0 saturated heterocycles. The van der Waals surface area contributed by atoms with Crippen molar-refractivity contribution < 1.29 is 4.39 Å². The predicted octanol–water partition coefficient (Wildman–Crippen LogP) is 3.94. The molecule has 0 radical (unpaired) electrons. The molecule has 0 amide bonds. The van der Waals surface area contributed by atoms with Crippen molar-refractivity contribution in [1.29, 1.82) is 0 Å². The summed E-state index contributed by atoms with van der Waals surface area (Å²) in [6.45, 7) is 4.18. The summed E-state index contributed by atoms with van der Waals surface area (Å²) >= 11 is 2.16. The standard InChI is InChI=1S/C12H12FIN2/c1-7(2)11-10(12(14)16-15-11)8-4-3-5-9(13)6-8/h3-7H,1-2H3,(H,15,16). The number of aromatic amines is 1. The van der Waals surface area contributed by atoms with Gasteiger partial charge < -0.3 is 0 Å². The number of H-pyrrole nitrogens is 1. The summed E-state index contributed by atoms with van der Waals surface area (Å²) in [7, 11) is 0. The predicted molar refractivity (Wildman–Crippen MR) is 70.8 cm³/mol. The smallest absolute Gasteiger partial charge is 0.131 e. The van der Waals surface area contributed by atoms with Crippen LogP contribution >= 0.6 is 22.6 Å². The third-order valence-electron chi connectivity index (χ3n) is 2.44. The van der Waals surface area contributed by atoms with E-state index in [1.54, 1.807) is 12.1 Å². The second-order valence-corrected chi connectivity index (χ2v) is 4.99. The molecule has 0 fully saturated rings. The van der Waals surface area contributed by atoms with Crippen molar-refractivity contribution in [3.63, 3.8) is 0 Å². The lowest BCUT2D eigenvalue weighted by atomic mass is 10.0. The molecule has 0 spiro atoms. The minimum absolute atomic E-state index is 0.218. The Balaban J connectivity index is 2.59. The highest BCUT2D eigenvalue weighted by atomic mass is 127. The van der Waals surface area contributed by atoms with Gasteiger partial charge in [0, 0.05) is 11.3 Å². The number of benzene rings is 1. The second-order valence-electron chi connectivity index (χ2n) is 3.97. The summed E-state index contributed by atoms with van der Waals surface area (Å²) in [5.74, 6) is 0.124. The first-order valence-electron chi connectivity index (χ1n) is 5.09. The monoisotopic (exact) mass is 330 g/mol. The van der Waals surface area contributed by atoms with E-state index in [1.165, 1.54) is 6.07 Å². The molecule has 1 N–H and O–H groups in total. The molecule has 0 aliphatic rings. The highest BCUT2D eigenvalue weighted by Crippen LogP contribution is 2.31. The molecule has 16 heavy (non-hydrogen) atoms. The molecule has 2 rings (SSSR count). The van der Waals surface area contributed by atoms with Gasteiger partial charge in [0.15, 0.2) is 0 Å². The van der Waals surface area contributed by atoms with Gasteiger partial charge in [0.2, 0.25) is 0 Å². The Labute approximate surface area is 107 Å². The van der Waals surface area contributed by atoms with Gasteiger partial charge in [-0.2, -0.15) is 5.10 Å². The maximum atomic E-state index is 13.2. The van der Waals surface area contributed by atoms with Crippen molar-refractivity contribution in [3.8, 4) is 11.1 Å². The lowest BCUT2D eigenvalue weighted by Gasteiger charge is -2.06. The summed E-state index contributed by atoms with van der Waals surface area (Å²) in [5.41, 5.74) is 2.94. The Morgan fingerprint density at radius 2 is 2.12 bits per heavy atom. The van der Waals surface area contributed by atoms with E-state index in [0.717, 1.165) is 20.5 Å². The third-order valence-corrected chi connectivity index (χ3v) is 3.22. The van der Waals surface area contributed by atoms with Crippen LogP contribution in [0.4, 0.5) is 4.39 Å². The van der Waals surface area contributed by atoms with E-state index in [-0.39, 0.29) is 5.82 Å². The number of hydrogen-bond acceptors (Lipinski definition) is 1. The lowest BCUT2D eigenvalue weighted by Crippen LogP contribution is -1.91. The lowest BCUT2D eigenvalue weighted by molar-refractivity contribution is 0.628. The summed E-state index contributed by atoms with van der Waals surface area (Å²) < 4.78 is 14.1. The zero-order valence-corrected chi connectivity index (χ0v) is 11.2. The molecule has 0 atom stereocenters. The average molecular weight is 330 g/mol. The van der Waals surface area contributed by atoms with E-state index in [9.17, 15) is 4.39 Å². The second kappa shape index (κ2) is 4.53. The average Bonchev–Trinajstić information content (AvgIpc) is 2.60. The van der Waals surface area contributed by atoms with E-state index in [4.69, 9.17) is 0 Å². The molecule has 4 heteroatoms. The van der Waals surface area contributed by atoms with Gasteiger partial charge in [-0.3, -0.25) is 5.10 Å². The number of halogens is 2. The maximum absolute atomic E-state index is 13.2. The van der Waals surface area contributed by atoms with Gasteiger partial charge in [-0.1, -0.05) is 26.0 Å². The first-order chi connectivity index (χ1) is 7.59. The fourth-order valence-corrected chi connectivity index (χ4v) is 2.39. The van der Waals surface area contributed by atoms with Crippen LogP contribution in [-0.4, -0.2) is 10.2 Å². The van der Waals surface area contributed by atoms with Crippen LogP contribution in [0.3, 0.4) is 0 Å². The molecule has 0 unspecified atom stereocenters. The van der Waals surface area contributed by atoms with Crippen LogP contribution in [0, 0.1) is 9.52 Å². The van der Waals surface area contributed by atoms with Crippen molar-refractivity contribution >= 4 is 22.6 Å². The van der Waals surface area contributed by atoms with E-state index in [1.807, 2.05) is 6.07 Å². The molecule has 1 aromatic carbocycles. The fourth-order valence-electron chi connectivity index (χ4n) is 1.67. The summed E-state index contributed by atoms with van der Waals surface area (Å²) in [6, 6.07) is 6.62. The quantitative estimate of drug-likeness (QED) is 0.830. The van der Waals surface area contributed by atoms with Crippen LogP contribution in [-0.2, 0) is 0 Å². The minimum Gasteiger partial charge on any atom is -0.281 e. The molecule has 1 heterocycles. The molecule has 84 valence electrons. The minimum atomic E-state index is -0.218. The van der Waals surface area contributed by atoms with Crippen LogP contribution in [0.1, 0.15) is 25.5 Å². The number of rotatable bonds is 2. The normalized spacial score (nSPS) is 11.1. The Hall–Kier alpha value is -0.910. The van der Waals surface area contributed by atoms with Crippen molar-refractivity contribution in [1.82, 2.24) is 10.2 Å². The molecule has 1 aromatic heterocycles. The van der Waals surface area contributed by atoms with E-state index < -0.39 is 0 Å². The SMILES string of the molecule is CC(C)c1[nH]nc(I)c1-c1cccc(F)c1. The molecular formula is C12H12FIN2. The van der Waals surface area contributed by atoms with Gasteiger partial charge in [-0.15, -0.1) is 0 Å². The van der Waals surface area contributed by atoms with Crippen molar-refractivity contribution in [2.75, 3.05) is 0 Å². The zero-order valence-electron chi connectivity index (χ0n) is 9.09. The molecule has 0 aliphatic carbocycles. The molecule has 0 aliphatic heterocycles. The van der Waals surface area contributed by atoms with Gasteiger partial charge in [0.25, 0.3) is 0 Å². The van der Waals surface area contributed by atoms with Crippen LogP contribution < -0.4 is 0 Å². The largest absolute Gasteiger partial charge is 0.281 e. The van der Waals surface area contributed by atoms with Gasteiger partial charge >= 0.3 is 0 Å². The van der Waals surface area contributed by atoms with E-state index >= 15 is 0 Å². The van der Waals surface area contributed by atoms with E-state index in [2.05, 4.69) is 46.6 Å². The topological polar surface area (TPSA) is 28.7 Å². The third kappa shape index (κ3) is 2.11. The maximum Gasteiger partial charge on any atom is 0.131 e. The van der Waals surface area contributed by atoms with E-state index in [0.29, 0.717) is 5.92 Å². The Morgan fingerprint density at radius 3 is 2.75 bits per heavy atom. The number of hydrogen-bond donors (Lipinski definition) is 1. The molecular weight excluding hydrogens is 318 g/mol. The molecule has 0 saturated carbocycles. The highest BCUT2D eigenvalue weighted by molar-refractivity contribution is 14.1. The van der Waals surface area contributed by atoms with Gasteiger partial charge in [0.1, 0.15) is 9.52 Å².